The Bertz CT molecular complexity index is 767. The van der Waals surface area contributed by atoms with Gasteiger partial charge in [-0.05, 0) is 35.8 Å². The second-order valence-corrected chi connectivity index (χ2v) is 4.87. The number of carbonyl (C=O) groups is 1. The van der Waals surface area contributed by atoms with Crippen LogP contribution in [0.15, 0.2) is 48.5 Å². The zero-order chi connectivity index (χ0) is 16.8. The minimum atomic E-state index is -1.12. The van der Waals surface area contributed by atoms with Crippen LogP contribution in [0.5, 0.6) is 5.75 Å². The maximum Gasteiger partial charge on any atom is 0.328 e. The number of carboxylic acids is 1. The Hall–Kier alpha value is -3.15. The van der Waals surface area contributed by atoms with Gasteiger partial charge in [-0.1, -0.05) is 30.3 Å². The molecule has 0 radical (unpaired) electrons. The van der Waals surface area contributed by atoms with E-state index in [0.717, 1.165) is 17.2 Å². The van der Waals surface area contributed by atoms with Gasteiger partial charge in [-0.25, -0.2) is 4.79 Å². The largest absolute Gasteiger partial charge is 0.482 e. The molecule has 0 aliphatic rings. The highest BCUT2D eigenvalue weighted by molar-refractivity contribution is 5.85. The van der Waals surface area contributed by atoms with Gasteiger partial charge in [-0.3, -0.25) is 10.1 Å². The van der Waals surface area contributed by atoms with Gasteiger partial charge >= 0.3 is 11.7 Å². The summed E-state index contributed by atoms with van der Waals surface area (Å²) < 4.78 is 5.56. The van der Waals surface area contributed by atoms with Gasteiger partial charge in [0.25, 0.3) is 0 Å². The first kappa shape index (κ1) is 16.2. The molecule has 23 heavy (non-hydrogen) atoms. The Morgan fingerprint density at radius 2 is 2.04 bits per heavy atom. The molecule has 0 fully saturated rings. The number of aliphatic carboxylic acids is 1. The number of nitro groups is 1. The fourth-order valence-electron chi connectivity index (χ4n) is 2.00. The second-order valence-electron chi connectivity index (χ2n) is 4.87. The van der Waals surface area contributed by atoms with Crippen molar-refractivity contribution >= 4 is 17.7 Å². The molecule has 2 aromatic rings. The van der Waals surface area contributed by atoms with Gasteiger partial charge in [0.05, 0.1) is 4.92 Å². The molecule has 2 rings (SSSR count). The molecular weight excluding hydrogens is 298 g/mol. The maximum absolute atomic E-state index is 11.2. The number of hydrogen-bond acceptors (Lipinski definition) is 4. The van der Waals surface area contributed by atoms with Crippen molar-refractivity contribution < 1.29 is 19.6 Å². The van der Waals surface area contributed by atoms with E-state index >= 15 is 0 Å². The lowest BCUT2D eigenvalue weighted by Crippen LogP contribution is -2.01. The number of hydrogen-bond donors (Lipinski definition) is 1. The summed E-state index contributed by atoms with van der Waals surface area (Å²) in [5.74, 6) is -0.974. The first-order valence-electron chi connectivity index (χ1n) is 6.84. The molecule has 0 saturated heterocycles. The number of nitro benzene ring substituents is 1. The minimum Gasteiger partial charge on any atom is -0.482 e. The number of nitrogens with zero attached hydrogens (tertiary/aromatic N) is 1. The van der Waals surface area contributed by atoms with E-state index in [1.807, 2.05) is 31.2 Å². The van der Waals surface area contributed by atoms with E-state index in [9.17, 15) is 14.9 Å². The lowest BCUT2D eigenvalue weighted by molar-refractivity contribution is -0.386. The summed E-state index contributed by atoms with van der Waals surface area (Å²) in [5.41, 5.74) is 2.20. The molecule has 0 saturated carbocycles. The monoisotopic (exact) mass is 313 g/mol. The predicted octanol–water partition coefficient (Wildman–Crippen LogP) is 3.58. The number of benzene rings is 2. The zero-order valence-electron chi connectivity index (χ0n) is 12.4. The van der Waals surface area contributed by atoms with Gasteiger partial charge < -0.3 is 9.84 Å². The number of carboxylic acid groups (broad SMARTS) is 1. The van der Waals surface area contributed by atoms with Gasteiger partial charge in [0.1, 0.15) is 6.61 Å². The van der Waals surface area contributed by atoms with Crippen molar-refractivity contribution in [1.82, 2.24) is 0 Å². The van der Waals surface area contributed by atoms with Crippen LogP contribution in [-0.4, -0.2) is 16.0 Å². The summed E-state index contributed by atoms with van der Waals surface area (Å²) in [6, 6.07) is 11.9. The quantitative estimate of drug-likeness (QED) is 0.500. The van der Waals surface area contributed by atoms with Gasteiger partial charge in [0.15, 0.2) is 5.75 Å². The number of ether oxygens (including phenoxy) is 1. The summed E-state index contributed by atoms with van der Waals surface area (Å²) in [7, 11) is 0. The Morgan fingerprint density at radius 1 is 1.30 bits per heavy atom. The van der Waals surface area contributed by atoms with Crippen molar-refractivity contribution in [3.8, 4) is 5.75 Å². The summed E-state index contributed by atoms with van der Waals surface area (Å²) in [5, 5.41) is 19.8. The van der Waals surface area contributed by atoms with Crippen molar-refractivity contribution in [3.05, 3.63) is 75.3 Å². The molecule has 0 heterocycles. The third kappa shape index (κ3) is 4.41. The fraction of sp³-hybridized carbons (Fsp3) is 0.118. The average Bonchev–Trinajstić information content (AvgIpc) is 2.52. The average molecular weight is 313 g/mol. The van der Waals surface area contributed by atoms with E-state index in [1.54, 1.807) is 6.07 Å². The molecule has 0 aliphatic carbocycles. The normalized spacial score (nSPS) is 10.7. The molecule has 0 spiro atoms. The van der Waals surface area contributed by atoms with Crippen LogP contribution in [0.4, 0.5) is 5.69 Å². The summed E-state index contributed by atoms with van der Waals surface area (Å²) in [6.07, 6.45) is 2.22. The lowest BCUT2D eigenvalue weighted by Gasteiger charge is -2.09. The van der Waals surface area contributed by atoms with Crippen molar-refractivity contribution in [1.29, 1.82) is 0 Å². The van der Waals surface area contributed by atoms with E-state index in [0.29, 0.717) is 5.56 Å². The number of aryl methyl sites for hydroxylation is 1. The maximum atomic E-state index is 11.2. The predicted molar refractivity (Wildman–Crippen MR) is 85.3 cm³/mol. The molecule has 0 unspecified atom stereocenters. The highest BCUT2D eigenvalue weighted by Gasteiger charge is 2.16. The molecule has 0 amide bonds. The first-order chi connectivity index (χ1) is 11.0. The topological polar surface area (TPSA) is 89.7 Å². The van der Waals surface area contributed by atoms with E-state index in [-0.39, 0.29) is 18.0 Å². The molecule has 1 N–H and O–H groups in total. The van der Waals surface area contributed by atoms with E-state index in [2.05, 4.69) is 0 Å². The van der Waals surface area contributed by atoms with Crippen molar-refractivity contribution in [2.45, 2.75) is 13.5 Å². The van der Waals surface area contributed by atoms with Gasteiger partial charge in [0, 0.05) is 12.1 Å². The van der Waals surface area contributed by atoms with Crippen LogP contribution in [0, 0.1) is 17.0 Å². The van der Waals surface area contributed by atoms with E-state index in [1.165, 1.54) is 18.2 Å². The zero-order valence-corrected chi connectivity index (χ0v) is 12.4. The smallest absolute Gasteiger partial charge is 0.328 e. The SMILES string of the molecule is Cc1ccccc1COc1ccc(/C=C\C(=O)O)cc1[N+](=O)[O-]. The van der Waals surface area contributed by atoms with Gasteiger partial charge in [-0.15, -0.1) is 0 Å². The molecule has 0 aliphatic heterocycles. The highest BCUT2D eigenvalue weighted by Crippen LogP contribution is 2.29. The summed E-state index contributed by atoms with van der Waals surface area (Å²) >= 11 is 0. The van der Waals surface area contributed by atoms with E-state index in [4.69, 9.17) is 9.84 Å². The van der Waals surface area contributed by atoms with Crippen LogP contribution in [0.3, 0.4) is 0 Å². The molecule has 6 nitrogen and oxygen atoms in total. The van der Waals surface area contributed by atoms with Gasteiger partial charge in [0.2, 0.25) is 0 Å². The Kier molecular flexibility index (Phi) is 5.09. The van der Waals surface area contributed by atoms with Crippen LogP contribution < -0.4 is 4.74 Å². The first-order valence-corrected chi connectivity index (χ1v) is 6.84. The van der Waals surface area contributed by atoms with Crippen LogP contribution >= 0.6 is 0 Å². The molecule has 0 atom stereocenters. The fourth-order valence-corrected chi connectivity index (χ4v) is 2.00. The minimum absolute atomic E-state index is 0.144. The van der Waals surface area contributed by atoms with E-state index < -0.39 is 10.9 Å². The van der Waals surface area contributed by atoms with Crippen LogP contribution in [0.25, 0.3) is 6.08 Å². The molecule has 0 bridgehead atoms. The third-order valence-electron chi connectivity index (χ3n) is 3.24. The number of rotatable bonds is 6. The van der Waals surface area contributed by atoms with Crippen LogP contribution in [0.1, 0.15) is 16.7 Å². The lowest BCUT2D eigenvalue weighted by atomic mass is 10.1. The summed E-state index contributed by atoms with van der Waals surface area (Å²) in [4.78, 5) is 21.1. The Balaban J connectivity index is 2.23. The van der Waals surface area contributed by atoms with Crippen LogP contribution in [-0.2, 0) is 11.4 Å². The Morgan fingerprint density at radius 3 is 2.70 bits per heavy atom. The van der Waals surface area contributed by atoms with Gasteiger partial charge in [-0.2, -0.15) is 0 Å². The molecule has 2 aromatic carbocycles. The molecule has 0 aromatic heterocycles. The molecule has 6 heteroatoms. The summed E-state index contributed by atoms with van der Waals surface area (Å²) in [6.45, 7) is 2.16. The Labute approximate surface area is 132 Å². The third-order valence-corrected chi connectivity index (χ3v) is 3.24. The van der Waals surface area contributed by atoms with Crippen LogP contribution in [0.2, 0.25) is 0 Å². The highest BCUT2D eigenvalue weighted by atomic mass is 16.6. The standard InChI is InChI=1S/C17H15NO5/c1-12-4-2-3-5-14(12)11-23-16-8-6-13(7-9-17(19)20)10-15(16)18(21)22/h2-10H,11H2,1H3,(H,19,20)/b9-7-. The van der Waals surface area contributed by atoms with Crippen molar-refractivity contribution in [2.75, 3.05) is 0 Å². The van der Waals surface area contributed by atoms with Crippen molar-refractivity contribution in [2.24, 2.45) is 0 Å². The molecular formula is C17H15NO5. The molecule has 118 valence electrons. The second kappa shape index (κ2) is 7.22. The van der Waals surface area contributed by atoms with Crippen molar-refractivity contribution in [3.63, 3.8) is 0 Å².